The van der Waals surface area contributed by atoms with E-state index in [4.69, 9.17) is 4.74 Å². The monoisotopic (exact) mass is 297 g/mol. The van der Waals surface area contributed by atoms with Crippen LogP contribution in [0.2, 0.25) is 0 Å². The second-order valence-electron chi connectivity index (χ2n) is 5.18. The van der Waals surface area contributed by atoms with Crippen LogP contribution in [-0.2, 0) is 13.0 Å². The third-order valence-electron chi connectivity index (χ3n) is 3.14. The van der Waals surface area contributed by atoms with Crippen LogP contribution < -0.4 is 10.1 Å². The first-order valence-electron chi connectivity index (χ1n) is 7.65. The van der Waals surface area contributed by atoms with Crippen LogP contribution in [0.3, 0.4) is 0 Å². The van der Waals surface area contributed by atoms with Gasteiger partial charge >= 0.3 is 0 Å². The molecule has 0 radical (unpaired) electrons. The predicted molar refractivity (Wildman–Crippen MR) is 95.5 cm³/mol. The molecule has 0 aliphatic carbocycles. The van der Waals surface area contributed by atoms with Gasteiger partial charge in [0.1, 0.15) is 5.75 Å². The zero-order chi connectivity index (χ0) is 16.2. The SMILES string of the molecule is C=CC.COc1cccc(CCNCc2cccc(C)c2)c1. The molecule has 0 atom stereocenters. The summed E-state index contributed by atoms with van der Waals surface area (Å²) in [4.78, 5) is 0. The first kappa shape index (κ1) is 18.0. The highest BCUT2D eigenvalue weighted by Crippen LogP contribution is 2.12. The summed E-state index contributed by atoms with van der Waals surface area (Å²) >= 11 is 0. The summed E-state index contributed by atoms with van der Waals surface area (Å²) in [6.07, 6.45) is 2.77. The Morgan fingerprint density at radius 1 is 1.09 bits per heavy atom. The van der Waals surface area contributed by atoms with E-state index in [-0.39, 0.29) is 0 Å². The largest absolute Gasteiger partial charge is 0.497 e. The first-order chi connectivity index (χ1) is 10.7. The molecule has 0 aliphatic rings. The van der Waals surface area contributed by atoms with E-state index < -0.39 is 0 Å². The Morgan fingerprint density at radius 3 is 2.45 bits per heavy atom. The fourth-order valence-electron chi connectivity index (χ4n) is 2.12. The van der Waals surface area contributed by atoms with Crippen molar-refractivity contribution in [1.82, 2.24) is 5.32 Å². The number of hydrogen-bond acceptors (Lipinski definition) is 2. The standard InChI is InChI=1S/C17H21NO.C3H6/c1-14-5-3-7-16(11-14)13-18-10-9-15-6-4-8-17(12-15)19-2;1-3-2/h3-8,11-12,18H,9-10,13H2,1-2H3;3H,1H2,2H3. The van der Waals surface area contributed by atoms with Crippen molar-refractivity contribution in [3.05, 3.63) is 77.9 Å². The summed E-state index contributed by atoms with van der Waals surface area (Å²) in [5.74, 6) is 0.927. The Hall–Kier alpha value is -2.06. The van der Waals surface area contributed by atoms with Crippen molar-refractivity contribution in [3.63, 3.8) is 0 Å². The first-order valence-corrected chi connectivity index (χ1v) is 7.65. The maximum atomic E-state index is 5.22. The number of benzene rings is 2. The van der Waals surface area contributed by atoms with Gasteiger partial charge in [0, 0.05) is 6.54 Å². The second kappa shape index (κ2) is 10.6. The normalized spacial score (nSPS) is 9.59. The van der Waals surface area contributed by atoms with Gasteiger partial charge in [-0.15, -0.1) is 6.58 Å². The number of nitrogens with one attached hydrogen (secondary N) is 1. The summed E-state index contributed by atoms with van der Waals surface area (Å²) in [5, 5.41) is 3.47. The quantitative estimate of drug-likeness (QED) is 0.625. The zero-order valence-electron chi connectivity index (χ0n) is 13.9. The lowest BCUT2D eigenvalue weighted by Crippen LogP contribution is -2.16. The average Bonchev–Trinajstić information content (AvgIpc) is 2.53. The number of ether oxygens (including phenoxy) is 1. The van der Waals surface area contributed by atoms with E-state index in [2.05, 4.69) is 55.2 Å². The molecule has 0 aliphatic heterocycles. The average molecular weight is 297 g/mol. The Bertz CT molecular complexity index is 563. The lowest BCUT2D eigenvalue weighted by Gasteiger charge is -2.07. The van der Waals surface area contributed by atoms with E-state index in [1.807, 2.05) is 19.1 Å². The maximum absolute atomic E-state index is 5.22. The molecular weight excluding hydrogens is 270 g/mol. The summed E-state index contributed by atoms with van der Waals surface area (Å²) in [6, 6.07) is 16.8. The minimum absolute atomic E-state index is 0.922. The van der Waals surface area contributed by atoms with Crippen molar-refractivity contribution in [3.8, 4) is 5.75 Å². The van der Waals surface area contributed by atoms with E-state index in [9.17, 15) is 0 Å². The summed E-state index contributed by atoms with van der Waals surface area (Å²) in [7, 11) is 1.70. The lowest BCUT2D eigenvalue weighted by atomic mass is 10.1. The van der Waals surface area contributed by atoms with E-state index in [0.29, 0.717) is 0 Å². The topological polar surface area (TPSA) is 21.3 Å². The fraction of sp³-hybridized carbons (Fsp3) is 0.300. The van der Waals surface area contributed by atoms with Gasteiger partial charge in [-0.25, -0.2) is 0 Å². The molecule has 0 heterocycles. The highest BCUT2D eigenvalue weighted by atomic mass is 16.5. The minimum Gasteiger partial charge on any atom is -0.497 e. The Balaban J connectivity index is 0.000000745. The van der Waals surface area contributed by atoms with Gasteiger partial charge in [-0.3, -0.25) is 0 Å². The zero-order valence-corrected chi connectivity index (χ0v) is 13.9. The molecule has 0 fully saturated rings. The summed E-state index contributed by atoms with van der Waals surface area (Å²) in [5.41, 5.74) is 3.95. The number of rotatable bonds is 6. The third kappa shape index (κ3) is 7.09. The molecule has 2 nitrogen and oxygen atoms in total. The van der Waals surface area contributed by atoms with Crippen molar-refractivity contribution in [1.29, 1.82) is 0 Å². The minimum atomic E-state index is 0.922. The van der Waals surface area contributed by atoms with Gasteiger partial charge in [-0.05, 0) is 50.1 Å². The molecule has 2 rings (SSSR count). The molecule has 0 amide bonds. The van der Waals surface area contributed by atoms with Crippen molar-refractivity contribution in [2.45, 2.75) is 26.8 Å². The van der Waals surface area contributed by atoms with Crippen LogP contribution in [0.25, 0.3) is 0 Å². The molecule has 0 spiro atoms. The number of allylic oxidation sites excluding steroid dienone is 1. The number of methoxy groups -OCH3 is 1. The van der Waals surface area contributed by atoms with Gasteiger partial charge in [-0.2, -0.15) is 0 Å². The molecule has 0 unspecified atom stereocenters. The van der Waals surface area contributed by atoms with Gasteiger partial charge in [0.15, 0.2) is 0 Å². The van der Waals surface area contributed by atoms with Crippen LogP contribution in [0.15, 0.2) is 61.2 Å². The van der Waals surface area contributed by atoms with Crippen LogP contribution in [0.1, 0.15) is 23.6 Å². The van der Waals surface area contributed by atoms with Crippen LogP contribution >= 0.6 is 0 Å². The molecular formula is C20H27NO. The molecule has 0 aromatic heterocycles. The molecule has 1 N–H and O–H groups in total. The van der Waals surface area contributed by atoms with E-state index in [1.54, 1.807) is 13.2 Å². The van der Waals surface area contributed by atoms with Crippen molar-refractivity contribution in [2.75, 3.05) is 13.7 Å². The van der Waals surface area contributed by atoms with Gasteiger partial charge in [0.2, 0.25) is 0 Å². The lowest BCUT2D eigenvalue weighted by molar-refractivity contribution is 0.414. The molecule has 2 heteroatoms. The van der Waals surface area contributed by atoms with Crippen LogP contribution in [0.5, 0.6) is 5.75 Å². The third-order valence-corrected chi connectivity index (χ3v) is 3.14. The van der Waals surface area contributed by atoms with E-state index >= 15 is 0 Å². The predicted octanol–water partition coefficient (Wildman–Crippen LogP) is 4.53. The number of aryl methyl sites for hydroxylation is 1. The molecule has 0 bridgehead atoms. The highest BCUT2D eigenvalue weighted by Gasteiger charge is 1.97. The smallest absolute Gasteiger partial charge is 0.119 e. The van der Waals surface area contributed by atoms with E-state index in [1.165, 1.54) is 16.7 Å². The number of hydrogen-bond donors (Lipinski definition) is 1. The van der Waals surface area contributed by atoms with Gasteiger partial charge in [0.05, 0.1) is 7.11 Å². The molecule has 22 heavy (non-hydrogen) atoms. The maximum Gasteiger partial charge on any atom is 0.119 e. The Labute approximate surface area is 134 Å². The van der Waals surface area contributed by atoms with Gasteiger partial charge in [0.25, 0.3) is 0 Å². The molecule has 118 valence electrons. The van der Waals surface area contributed by atoms with Crippen LogP contribution in [0, 0.1) is 6.92 Å². The van der Waals surface area contributed by atoms with Crippen molar-refractivity contribution < 1.29 is 4.74 Å². The van der Waals surface area contributed by atoms with Crippen LogP contribution in [0.4, 0.5) is 0 Å². The van der Waals surface area contributed by atoms with Gasteiger partial charge in [-0.1, -0.05) is 48.0 Å². The molecule has 2 aromatic carbocycles. The van der Waals surface area contributed by atoms with E-state index in [0.717, 1.165) is 25.3 Å². The fourth-order valence-corrected chi connectivity index (χ4v) is 2.12. The van der Waals surface area contributed by atoms with Crippen molar-refractivity contribution in [2.24, 2.45) is 0 Å². The molecule has 0 saturated heterocycles. The highest BCUT2D eigenvalue weighted by molar-refractivity contribution is 5.28. The Morgan fingerprint density at radius 2 is 1.77 bits per heavy atom. The Kier molecular flexibility index (Phi) is 8.70. The van der Waals surface area contributed by atoms with Crippen LogP contribution in [-0.4, -0.2) is 13.7 Å². The summed E-state index contributed by atoms with van der Waals surface area (Å²) < 4.78 is 5.22. The second-order valence-corrected chi connectivity index (χ2v) is 5.18. The summed E-state index contributed by atoms with van der Waals surface area (Å²) in [6.45, 7) is 9.27. The van der Waals surface area contributed by atoms with Gasteiger partial charge < -0.3 is 10.1 Å². The van der Waals surface area contributed by atoms with Crippen molar-refractivity contribution >= 4 is 0 Å². The molecule has 0 saturated carbocycles. The molecule has 2 aromatic rings.